The lowest BCUT2D eigenvalue weighted by Crippen LogP contribution is -2.35. The third-order valence-corrected chi connectivity index (χ3v) is 4.88. The lowest BCUT2D eigenvalue weighted by Gasteiger charge is -2.20. The number of carbonyl (C=O) groups is 3. The number of hydrogen-bond donors (Lipinski definition) is 1. The van der Waals surface area contributed by atoms with Gasteiger partial charge in [-0.15, -0.1) is 0 Å². The van der Waals surface area contributed by atoms with E-state index in [4.69, 9.17) is 9.90 Å². The Balaban J connectivity index is 0.000000318. The first kappa shape index (κ1) is 21.3. The van der Waals surface area contributed by atoms with Gasteiger partial charge in [-0.2, -0.15) is 18.3 Å². The number of fused-ring (bicyclic) bond motifs is 1. The molecule has 0 saturated carbocycles. The van der Waals surface area contributed by atoms with E-state index in [2.05, 4.69) is 10.1 Å². The Hall–Kier alpha value is -3.44. The van der Waals surface area contributed by atoms with Gasteiger partial charge in [0.25, 0.3) is 5.91 Å². The van der Waals surface area contributed by atoms with Crippen molar-refractivity contribution in [1.29, 1.82) is 0 Å². The van der Waals surface area contributed by atoms with Gasteiger partial charge in [-0.25, -0.2) is 4.79 Å². The molecule has 160 valence electrons. The van der Waals surface area contributed by atoms with E-state index in [0.29, 0.717) is 25.2 Å². The molecule has 0 aromatic carbocycles. The predicted molar refractivity (Wildman–Crippen MR) is 96.4 cm³/mol. The molecule has 2 atom stereocenters. The molecule has 0 spiro atoms. The number of hydrogen-bond acceptors (Lipinski definition) is 5. The van der Waals surface area contributed by atoms with Crippen LogP contribution in [0.5, 0.6) is 0 Å². The molecule has 0 aliphatic carbocycles. The Bertz CT molecular complexity index is 947. The maximum Gasteiger partial charge on any atom is 0.490 e. The molecule has 4 rings (SSSR count). The molecule has 2 aliphatic rings. The Morgan fingerprint density at radius 1 is 1.20 bits per heavy atom. The smallest absolute Gasteiger partial charge is 0.475 e. The first-order valence-electron chi connectivity index (χ1n) is 8.87. The zero-order valence-electron chi connectivity index (χ0n) is 15.8. The van der Waals surface area contributed by atoms with Crippen molar-refractivity contribution in [2.45, 2.75) is 6.18 Å². The molecule has 30 heavy (non-hydrogen) atoms. The molecule has 2 aliphatic heterocycles. The summed E-state index contributed by atoms with van der Waals surface area (Å²) in [5.41, 5.74) is 1.40. The lowest BCUT2D eigenvalue weighted by molar-refractivity contribution is -0.192. The molecule has 12 heteroatoms. The molecule has 2 aromatic rings. The van der Waals surface area contributed by atoms with Gasteiger partial charge in [-0.3, -0.25) is 19.3 Å². The van der Waals surface area contributed by atoms with Gasteiger partial charge in [0.15, 0.2) is 0 Å². The van der Waals surface area contributed by atoms with Crippen LogP contribution in [-0.2, 0) is 16.6 Å². The minimum absolute atomic E-state index is 0.0479. The van der Waals surface area contributed by atoms with E-state index in [1.165, 1.54) is 0 Å². The molecule has 0 bridgehead atoms. The summed E-state index contributed by atoms with van der Waals surface area (Å²) >= 11 is 0. The van der Waals surface area contributed by atoms with Crippen molar-refractivity contribution in [3.8, 4) is 0 Å². The number of carbonyl (C=O) groups excluding carboxylic acids is 2. The molecule has 2 fully saturated rings. The molecule has 0 unspecified atom stereocenters. The van der Waals surface area contributed by atoms with Gasteiger partial charge in [0.2, 0.25) is 5.91 Å². The number of halogens is 3. The summed E-state index contributed by atoms with van der Waals surface area (Å²) in [5.74, 6) is -2.65. The van der Waals surface area contributed by atoms with Crippen LogP contribution in [0.2, 0.25) is 0 Å². The Labute approximate surface area is 168 Å². The van der Waals surface area contributed by atoms with E-state index in [1.807, 2.05) is 13.2 Å². The number of amides is 2. The van der Waals surface area contributed by atoms with E-state index >= 15 is 0 Å². The highest BCUT2D eigenvalue weighted by Gasteiger charge is 2.48. The third-order valence-electron chi connectivity index (χ3n) is 4.88. The highest BCUT2D eigenvalue weighted by Crippen LogP contribution is 2.35. The zero-order valence-corrected chi connectivity index (χ0v) is 15.8. The summed E-state index contributed by atoms with van der Waals surface area (Å²) in [7, 11) is 1.83. The highest BCUT2D eigenvalue weighted by molar-refractivity contribution is 5.99. The summed E-state index contributed by atoms with van der Waals surface area (Å²) in [5, 5.41) is 11.2. The fourth-order valence-corrected chi connectivity index (χ4v) is 3.48. The van der Waals surface area contributed by atoms with E-state index in [0.717, 1.165) is 5.69 Å². The van der Waals surface area contributed by atoms with Crippen LogP contribution < -0.4 is 4.90 Å². The normalized spacial score (nSPS) is 20.6. The standard InChI is InChI=1S/C16H17N5O2.C2HF3O2/c1-19-9-13(6-18-19)21-8-12-7-20(10-14(12)16(21)23)15(22)11-3-2-4-17-5-11;3-2(4,5)1(6)7/h2-6,9,12,14H,7-8,10H2,1H3;(H,6,7)/t12-,14-;/m0./s1. The van der Waals surface area contributed by atoms with Crippen LogP contribution in [0.3, 0.4) is 0 Å². The summed E-state index contributed by atoms with van der Waals surface area (Å²) in [4.78, 5) is 41.6. The number of carboxylic acids is 1. The molecule has 2 saturated heterocycles. The van der Waals surface area contributed by atoms with Crippen LogP contribution in [0.15, 0.2) is 36.9 Å². The first-order chi connectivity index (χ1) is 14.1. The number of nitrogens with zero attached hydrogens (tertiary/aromatic N) is 5. The number of likely N-dealkylation sites (tertiary alicyclic amines) is 1. The fourth-order valence-electron chi connectivity index (χ4n) is 3.48. The van der Waals surface area contributed by atoms with Crippen molar-refractivity contribution >= 4 is 23.5 Å². The van der Waals surface area contributed by atoms with Crippen LogP contribution in [-0.4, -0.2) is 68.4 Å². The van der Waals surface area contributed by atoms with Gasteiger partial charge < -0.3 is 14.9 Å². The Morgan fingerprint density at radius 2 is 1.90 bits per heavy atom. The van der Waals surface area contributed by atoms with Crippen LogP contribution in [0.25, 0.3) is 0 Å². The average Bonchev–Trinajstić information content (AvgIpc) is 3.38. The largest absolute Gasteiger partial charge is 0.490 e. The van der Waals surface area contributed by atoms with Crippen LogP contribution in [0, 0.1) is 11.8 Å². The van der Waals surface area contributed by atoms with Crippen LogP contribution in [0.4, 0.5) is 18.9 Å². The molecule has 2 aromatic heterocycles. The minimum Gasteiger partial charge on any atom is -0.475 e. The summed E-state index contributed by atoms with van der Waals surface area (Å²) in [6, 6.07) is 3.51. The van der Waals surface area contributed by atoms with E-state index in [-0.39, 0.29) is 23.7 Å². The number of pyridine rings is 1. The first-order valence-corrected chi connectivity index (χ1v) is 8.87. The van der Waals surface area contributed by atoms with Gasteiger partial charge in [-0.05, 0) is 12.1 Å². The monoisotopic (exact) mass is 425 g/mol. The van der Waals surface area contributed by atoms with Gasteiger partial charge in [0, 0.05) is 51.2 Å². The summed E-state index contributed by atoms with van der Waals surface area (Å²) in [6.07, 6.45) is 1.68. The molecular weight excluding hydrogens is 407 g/mol. The second-order valence-electron chi connectivity index (χ2n) is 6.94. The van der Waals surface area contributed by atoms with Crippen molar-refractivity contribution in [3.05, 3.63) is 42.5 Å². The number of rotatable bonds is 2. The number of aromatic nitrogens is 3. The van der Waals surface area contributed by atoms with Gasteiger partial charge in [0.1, 0.15) is 0 Å². The minimum atomic E-state index is -5.08. The number of alkyl halides is 3. The van der Waals surface area contributed by atoms with E-state index in [1.54, 1.807) is 45.2 Å². The Morgan fingerprint density at radius 3 is 2.40 bits per heavy atom. The molecule has 2 amide bonds. The molecule has 1 N–H and O–H groups in total. The van der Waals surface area contributed by atoms with Crippen molar-refractivity contribution in [2.75, 3.05) is 24.5 Å². The number of anilines is 1. The molecule has 9 nitrogen and oxygen atoms in total. The van der Waals surface area contributed by atoms with Gasteiger partial charge in [0.05, 0.1) is 23.4 Å². The van der Waals surface area contributed by atoms with Gasteiger partial charge >= 0.3 is 12.1 Å². The highest BCUT2D eigenvalue weighted by atomic mass is 19.4. The zero-order chi connectivity index (χ0) is 22.1. The maximum absolute atomic E-state index is 12.6. The fraction of sp³-hybridized carbons (Fsp3) is 0.389. The molecule has 4 heterocycles. The molecule has 0 radical (unpaired) electrons. The van der Waals surface area contributed by atoms with E-state index < -0.39 is 12.1 Å². The van der Waals surface area contributed by atoms with Crippen molar-refractivity contribution in [1.82, 2.24) is 19.7 Å². The second kappa shape index (κ2) is 8.13. The number of aryl methyl sites for hydroxylation is 1. The average molecular weight is 425 g/mol. The number of carboxylic acid groups (broad SMARTS) is 1. The topological polar surface area (TPSA) is 109 Å². The van der Waals surface area contributed by atoms with Crippen molar-refractivity contribution < 1.29 is 32.7 Å². The SMILES string of the molecule is Cn1cc(N2C[C@@H]3CN(C(=O)c4cccnc4)C[C@@H]3C2=O)cn1.O=C(O)C(F)(F)F. The molecular formula is C18H18F3N5O4. The van der Waals surface area contributed by atoms with Crippen LogP contribution in [0.1, 0.15) is 10.4 Å². The van der Waals surface area contributed by atoms with Gasteiger partial charge in [-0.1, -0.05) is 0 Å². The second-order valence-corrected chi connectivity index (χ2v) is 6.94. The lowest BCUT2D eigenvalue weighted by atomic mass is 10.0. The van der Waals surface area contributed by atoms with E-state index in [9.17, 15) is 22.8 Å². The Kier molecular flexibility index (Phi) is 5.76. The quantitative estimate of drug-likeness (QED) is 0.774. The predicted octanol–water partition coefficient (Wildman–Crippen LogP) is 1.18. The number of aliphatic carboxylic acids is 1. The van der Waals surface area contributed by atoms with Crippen molar-refractivity contribution in [2.24, 2.45) is 18.9 Å². The third kappa shape index (κ3) is 4.42. The summed E-state index contributed by atoms with van der Waals surface area (Å²) in [6.45, 7) is 1.74. The van der Waals surface area contributed by atoms with Crippen LogP contribution >= 0.6 is 0 Å². The summed E-state index contributed by atoms with van der Waals surface area (Å²) < 4.78 is 33.4. The van der Waals surface area contributed by atoms with Crippen molar-refractivity contribution in [3.63, 3.8) is 0 Å². The maximum atomic E-state index is 12.6.